The van der Waals surface area contributed by atoms with Crippen molar-refractivity contribution in [3.05, 3.63) is 11.8 Å². The Hall–Kier alpha value is -1.76. The number of nitrogens with zero attached hydrogens (tertiary/aromatic N) is 4. The van der Waals surface area contributed by atoms with Gasteiger partial charge in [-0.05, 0) is 25.8 Å². The minimum atomic E-state index is -4.75. The molecule has 11 nitrogen and oxygen atoms in total. The molecule has 0 radical (unpaired) electrons. The molecule has 0 unspecified atom stereocenters. The predicted octanol–water partition coefficient (Wildman–Crippen LogP) is -0.178. The maximum atomic E-state index is 12.4. The lowest BCUT2D eigenvalue weighted by Gasteiger charge is -2.27. The first-order valence-electron chi connectivity index (χ1n) is 7.73. The lowest BCUT2D eigenvalue weighted by molar-refractivity contribution is -0.0317. The van der Waals surface area contributed by atoms with E-state index in [9.17, 15) is 13.2 Å². The smallest absolute Gasteiger partial charge is 0.418 e. The van der Waals surface area contributed by atoms with Crippen LogP contribution < -0.4 is 5.32 Å². The van der Waals surface area contributed by atoms with Crippen molar-refractivity contribution >= 4 is 16.4 Å². The quantitative estimate of drug-likeness (QED) is 0.701. The predicted molar refractivity (Wildman–Crippen MR) is 76.9 cm³/mol. The summed E-state index contributed by atoms with van der Waals surface area (Å²) in [6, 6.07) is -1.49. The third-order valence-electron chi connectivity index (χ3n) is 4.65. The van der Waals surface area contributed by atoms with E-state index in [1.165, 1.54) is 4.90 Å². The maximum Gasteiger partial charge on any atom is 0.418 e. The van der Waals surface area contributed by atoms with Crippen LogP contribution in [0.1, 0.15) is 43.0 Å². The Bertz CT molecular complexity index is 745. The van der Waals surface area contributed by atoms with E-state index >= 15 is 0 Å². The minimum absolute atomic E-state index is 0.177. The highest BCUT2D eigenvalue weighted by Crippen LogP contribution is 2.38. The summed E-state index contributed by atoms with van der Waals surface area (Å²) < 4.78 is 40.8. The van der Waals surface area contributed by atoms with Crippen LogP contribution in [0.25, 0.3) is 0 Å². The lowest BCUT2D eigenvalue weighted by Crippen LogP contribution is -2.35. The van der Waals surface area contributed by atoms with Crippen molar-refractivity contribution < 1.29 is 26.5 Å². The fourth-order valence-corrected chi connectivity index (χ4v) is 3.89. The Labute approximate surface area is 137 Å². The number of hydroxylamine groups is 2. The van der Waals surface area contributed by atoms with Crippen molar-refractivity contribution in [1.82, 2.24) is 25.5 Å². The van der Waals surface area contributed by atoms with Crippen LogP contribution in [0, 0.1) is 0 Å². The number of piperidine rings is 1. The number of nitrogens with one attached hydrogen (secondary N) is 1. The van der Waals surface area contributed by atoms with E-state index in [-0.39, 0.29) is 12.5 Å². The summed E-state index contributed by atoms with van der Waals surface area (Å²) in [5, 5.41) is 12.1. The molecule has 0 saturated carbocycles. The van der Waals surface area contributed by atoms with Gasteiger partial charge in [-0.15, -0.1) is 14.5 Å². The van der Waals surface area contributed by atoms with Gasteiger partial charge in [-0.1, -0.05) is 0 Å². The molecule has 0 spiro atoms. The molecule has 3 aliphatic heterocycles. The number of rotatable bonds is 4. The van der Waals surface area contributed by atoms with Gasteiger partial charge in [0.05, 0.1) is 12.0 Å². The molecule has 1 aromatic heterocycles. The molecule has 2 amide bonds. The monoisotopic (exact) mass is 359 g/mol. The molecule has 3 fully saturated rings. The molecule has 4 heterocycles. The second-order valence-electron chi connectivity index (χ2n) is 6.18. The SMILES string of the molecule is O=C1N2C[C@H](CC[C@H]2c2nnc([C@@H]3CCNC3)o2)N1OS(=O)(=O)O. The van der Waals surface area contributed by atoms with Gasteiger partial charge < -0.3 is 14.6 Å². The summed E-state index contributed by atoms with van der Waals surface area (Å²) in [5.41, 5.74) is 0. The Morgan fingerprint density at radius 1 is 1.25 bits per heavy atom. The van der Waals surface area contributed by atoms with E-state index < -0.39 is 28.5 Å². The van der Waals surface area contributed by atoms with Gasteiger partial charge in [0.15, 0.2) is 0 Å². The van der Waals surface area contributed by atoms with E-state index in [2.05, 4.69) is 19.8 Å². The third-order valence-corrected chi connectivity index (χ3v) is 5.00. The highest BCUT2D eigenvalue weighted by atomic mass is 32.3. The van der Waals surface area contributed by atoms with Crippen molar-refractivity contribution in [1.29, 1.82) is 0 Å². The van der Waals surface area contributed by atoms with Crippen LogP contribution >= 0.6 is 0 Å². The van der Waals surface area contributed by atoms with Gasteiger partial charge >= 0.3 is 16.4 Å². The fraction of sp³-hybridized carbons (Fsp3) is 0.750. The van der Waals surface area contributed by atoms with Crippen molar-refractivity contribution in [3.8, 4) is 0 Å². The minimum Gasteiger partial charge on any atom is -0.423 e. The number of carbonyl (C=O) groups is 1. The number of carbonyl (C=O) groups excluding carboxylic acids is 1. The summed E-state index contributed by atoms with van der Waals surface area (Å²) in [4.78, 5) is 13.8. The Balaban J connectivity index is 1.53. The lowest BCUT2D eigenvalue weighted by atomic mass is 10.0. The number of amides is 2. The number of aromatic nitrogens is 2. The first kappa shape index (κ1) is 15.7. The average molecular weight is 359 g/mol. The van der Waals surface area contributed by atoms with Crippen molar-refractivity contribution in [2.75, 3.05) is 19.6 Å². The van der Waals surface area contributed by atoms with Gasteiger partial charge in [-0.25, -0.2) is 4.79 Å². The van der Waals surface area contributed by atoms with Crippen LogP contribution in [0.15, 0.2) is 4.42 Å². The third kappa shape index (κ3) is 2.75. The number of hydrogen-bond acceptors (Lipinski definition) is 8. The first-order valence-corrected chi connectivity index (χ1v) is 9.10. The molecule has 0 aliphatic carbocycles. The second kappa shape index (κ2) is 5.65. The summed E-state index contributed by atoms with van der Waals surface area (Å²) in [6.45, 7) is 1.97. The molecular formula is C12H17N5O6S. The normalized spacial score (nSPS) is 30.4. The first-order chi connectivity index (χ1) is 11.4. The second-order valence-corrected chi connectivity index (χ2v) is 7.18. The van der Waals surface area contributed by atoms with Gasteiger partial charge in [-0.2, -0.15) is 13.5 Å². The summed E-state index contributed by atoms with van der Waals surface area (Å²) in [5.74, 6) is 1.07. The van der Waals surface area contributed by atoms with E-state index in [0.29, 0.717) is 29.7 Å². The fourth-order valence-electron chi connectivity index (χ4n) is 3.50. The van der Waals surface area contributed by atoms with Crippen LogP contribution in [0.5, 0.6) is 0 Å². The Morgan fingerprint density at radius 3 is 2.75 bits per heavy atom. The number of hydrogen-bond donors (Lipinski definition) is 2. The Kier molecular flexibility index (Phi) is 3.71. The zero-order chi connectivity index (χ0) is 16.9. The van der Waals surface area contributed by atoms with Crippen LogP contribution in [-0.2, 0) is 14.7 Å². The van der Waals surface area contributed by atoms with E-state index in [1.54, 1.807) is 0 Å². The van der Waals surface area contributed by atoms with Crippen LogP contribution in [-0.4, -0.2) is 64.8 Å². The summed E-state index contributed by atoms with van der Waals surface area (Å²) in [6.07, 6.45) is 1.98. The molecule has 132 valence electrons. The van der Waals surface area contributed by atoms with Crippen LogP contribution in [0.4, 0.5) is 4.79 Å². The topological polar surface area (TPSA) is 138 Å². The van der Waals surface area contributed by atoms with Gasteiger partial charge in [-0.3, -0.25) is 4.55 Å². The molecule has 3 aliphatic rings. The van der Waals surface area contributed by atoms with Crippen LogP contribution in [0.2, 0.25) is 0 Å². The zero-order valence-corrected chi connectivity index (χ0v) is 13.5. The average Bonchev–Trinajstić information content (AvgIpc) is 3.24. The van der Waals surface area contributed by atoms with Gasteiger partial charge in [0.2, 0.25) is 11.8 Å². The molecule has 12 heteroatoms. The number of urea groups is 1. The zero-order valence-electron chi connectivity index (χ0n) is 12.7. The van der Waals surface area contributed by atoms with Crippen molar-refractivity contribution in [3.63, 3.8) is 0 Å². The molecule has 3 atom stereocenters. The molecule has 0 aromatic carbocycles. The van der Waals surface area contributed by atoms with Crippen LogP contribution in [0.3, 0.4) is 0 Å². The van der Waals surface area contributed by atoms with Crippen molar-refractivity contribution in [2.45, 2.75) is 37.3 Å². The van der Waals surface area contributed by atoms with Crippen molar-refractivity contribution in [2.24, 2.45) is 0 Å². The molecule has 24 heavy (non-hydrogen) atoms. The molecule has 1 aromatic rings. The molecule has 2 bridgehead atoms. The molecule has 2 N–H and O–H groups in total. The van der Waals surface area contributed by atoms with E-state index in [1.807, 2.05) is 0 Å². The summed E-state index contributed by atoms with van der Waals surface area (Å²) in [7, 11) is -4.75. The highest BCUT2D eigenvalue weighted by molar-refractivity contribution is 7.80. The summed E-state index contributed by atoms with van der Waals surface area (Å²) >= 11 is 0. The van der Waals surface area contributed by atoms with Gasteiger partial charge in [0, 0.05) is 13.1 Å². The van der Waals surface area contributed by atoms with Gasteiger partial charge in [0.1, 0.15) is 6.04 Å². The van der Waals surface area contributed by atoms with Gasteiger partial charge in [0.25, 0.3) is 0 Å². The standard InChI is InChI=1S/C12H17N5O6S/c18-12-16-6-8(17(12)23-24(19,20)21)1-2-9(16)11-15-14-10(22-11)7-3-4-13-5-7/h7-9,13H,1-6H2,(H,19,20,21)/t7-,8+,9+/m1/s1. The maximum absolute atomic E-state index is 12.4. The number of fused-ring (bicyclic) bond motifs is 2. The molecule has 3 saturated heterocycles. The Morgan fingerprint density at radius 2 is 2.04 bits per heavy atom. The van der Waals surface area contributed by atoms with E-state index in [0.717, 1.165) is 19.5 Å². The molecule has 4 rings (SSSR count). The van der Waals surface area contributed by atoms with E-state index in [4.69, 9.17) is 8.97 Å². The largest absolute Gasteiger partial charge is 0.423 e. The highest BCUT2D eigenvalue weighted by Gasteiger charge is 2.49. The molecular weight excluding hydrogens is 342 g/mol.